The Morgan fingerprint density at radius 2 is 0.968 bits per heavy atom. The van der Waals surface area contributed by atoms with Crippen LogP contribution in [-0.2, 0) is 0 Å². The molecule has 0 unspecified atom stereocenters. The van der Waals surface area contributed by atoms with Gasteiger partial charge >= 0.3 is 0 Å². The monoisotopic (exact) mass is 792 g/mol. The molecule has 4 nitrogen and oxygen atoms in total. The number of rotatable bonds is 6. The summed E-state index contributed by atoms with van der Waals surface area (Å²) in [6.07, 6.45) is 0. The molecule has 0 radical (unpaired) electrons. The number of anilines is 3. The highest BCUT2D eigenvalue weighted by Gasteiger charge is 2.24. The lowest BCUT2D eigenvalue weighted by molar-refractivity contribution is 0.669. The van der Waals surface area contributed by atoms with E-state index in [1.807, 2.05) is 12.1 Å². The summed E-state index contributed by atoms with van der Waals surface area (Å²) in [7, 11) is 0. The largest absolute Gasteiger partial charge is 0.456 e. The molecule has 4 heteroatoms. The summed E-state index contributed by atoms with van der Waals surface area (Å²) in [5, 5.41) is 9.20. The zero-order chi connectivity index (χ0) is 40.7. The SMILES string of the molecule is c1ccc(N(c2ccc(-c3cccc4oc5ccccc5c34)cc2)c2ccccc2-n2c3ccccc3c3ccccc32)c(-c2ccc3oc4c5ccccc5ccc4c3c2)c1. The number of para-hydroxylation sites is 6. The molecular weight excluding hydrogens is 757 g/mol. The van der Waals surface area contributed by atoms with E-state index < -0.39 is 0 Å². The first-order valence-electron chi connectivity index (χ1n) is 21.1. The maximum Gasteiger partial charge on any atom is 0.143 e. The lowest BCUT2D eigenvalue weighted by Gasteiger charge is -2.30. The van der Waals surface area contributed by atoms with Crippen LogP contribution in [0.15, 0.2) is 227 Å². The van der Waals surface area contributed by atoms with Gasteiger partial charge in [0.2, 0.25) is 0 Å². The average Bonchev–Trinajstić information content (AvgIpc) is 4.02. The Kier molecular flexibility index (Phi) is 7.57. The first-order chi connectivity index (χ1) is 30.8. The first kappa shape index (κ1) is 34.5. The van der Waals surface area contributed by atoms with E-state index in [1.165, 1.54) is 16.2 Å². The highest BCUT2D eigenvalue weighted by atomic mass is 16.3. The summed E-state index contributed by atoms with van der Waals surface area (Å²) in [6, 6.07) is 78.1. The van der Waals surface area contributed by atoms with E-state index in [-0.39, 0.29) is 0 Å². The van der Waals surface area contributed by atoms with Crippen LogP contribution in [0.5, 0.6) is 0 Å². The number of hydrogen-bond donors (Lipinski definition) is 0. The first-order valence-corrected chi connectivity index (χ1v) is 21.1. The Balaban J connectivity index is 1.04. The zero-order valence-corrected chi connectivity index (χ0v) is 33.5. The predicted octanol–water partition coefficient (Wildman–Crippen LogP) is 16.5. The number of aromatic nitrogens is 1. The molecule has 0 fully saturated rings. The van der Waals surface area contributed by atoms with E-state index in [9.17, 15) is 0 Å². The maximum absolute atomic E-state index is 6.57. The number of fused-ring (bicyclic) bond motifs is 11. The molecule has 0 bridgehead atoms. The van der Waals surface area contributed by atoms with E-state index in [4.69, 9.17) is 8.83 Å². The Bertz CT molecular complexity index is 3830. The number of nitrogens with zero attached hydrogens (tertiary/aromatic N) is 2. The smallest absolute Gasteiger partial charge is 0.143 e. The van der Waals surface area contributed by atoms with Crippen LogP contribution in [0, 0.1) is 0 Å². The lowest BCUT2D eigenvalue weighted by atomic mass is 9.97. The molecule has 0 amide bonds. The molecule has 0 saturated heterocycles. The minimum atomic E-state index is 0.877. The van der Waals surface area contributed by atoms with Crippen LogP contribution in [0.3, 0.4) is 0 Å². The second kappa shape index (κ2) is 13.6. The summed E-state index contributed by atoms with van der Waals surface area (Å²) in [4.78, 5) is 2.43. The van der Waals surface area contributed by atoms with Gasteiger partial charge in [-0.3, -0.25) is 0 Å². The van der Waals surface area contributed by atoms with Crippen LogP contribution >= 0.6 is 0 Å². The van der Waals surface area contributed by atoms with E-state index in [0.29, 0.717) is 0 Å². The van der Waals surface area contributed by atoms with E-state index in [1.54, 1.807) is 0 Å². The summed E-state index contributed by atoms with van der Waals surface area (Å²) >= 11 is 0. The van der Waals surface area contributed by atoms with Gasteiger partial charge in [0.25, 0.3) is 0 Å². The van der Waals surface area contributed by atoms with Gasteiger partial charge in [0.05, 0.1) is 28.1 Å². The van der Waals surface area contributed by atoms with E-state index in [2.05, 4.69) is 216 Å². The lowest BCUT2D eigenvalue weighted by Crippen LogP contribution is -2.14. The Labute approximate surface area is 356 Å². The molecule has 3 heterocycles. The van der Waals surface area contributed by atoms with Gasteiger partial charge in [0, 0.05) is 49.0 Å². The van der Waals surface area contributed by atoms with Gasteiger partial charge in [-0.2, -0.15) is 0 Å². The van der Waals surface area contributed by atoms with Gasteiger partial charge in [0.15, 0.2) is 0 Å². The third kappa shape index (κ3) is 5.20. The van der Waals surface area contributed by atoms with Gasteiger partial charge in [-0.1, -0.05) is 146 Å². The van der Waals surface area contributed by atoms with Crippen molar-refractivity contribution < 1.29 is 8.83 Å². The summed E-state index contributed by atoms with van der Waals surface area (Å²) < 4.78 is 15.3. The van der Waals surface area contributed by atoms with Gasteiger partial charge in [0.1, 0.15) is 22.3 Å². The van der Waals surface area contributed by atoms with Crippen LogP contribution in [0.4, 0.5) is 17.1 Å². The van der Waals surface area contributed by atoms with Gasteiger partial charge in [-0.05, 0) is 94.9 Å². The van der Waals surface area contributed by atoms with Crippen molar-refractivity contribution in [1.82, 2.24) is 4.57 Å². The molecular formula is C58H36N2O2. The molecule has 290 valence electrons. The van der Waals surface area contributed by atoms with Gasteiger partial charge in [-0.15, -0.1) is 0 Å². The molecule has 0 spiro atoms. The van der Waals surface area contributed by atoms with Gasteiger partial charge in [-0.25, -0.2) is 0 Å². The molecule has 0 aliphatic rings. The summed E-state index contributed by atoms with van der Waals surface area (Å²) in [6.45, 7) is 0. The summed E-state index contributed by atoms with van der Waals surface area (Å²) in [5.74, 6) is 0. The highest BCUT2D eigenvalue weighted by molar-refractivity contribution is 6.16. The third-order valence-electron chi connectivity index (χ3n) is 12.6. The molecule has 0 atom stereocenters. The van der Waals surface area contributed by atoms with Gasteiger partial charge < -0.3 is 18.3 Å². The van der Waals surface area contributed by atoms with Crippen LogP contribution in [0.2, 0.25) is 0 Å². The van der Waals surface area contributed by atoms with Crippen molar-refractivity contribution in [2.75, 3.05) is 4.90 Å². The standard InChI is InChI=1S/C58H36N2O2/c1-2-16-43-37(14-1)30-34-46-48-36-39(31-35-55(48)62-58(43)46)41-15-3-7-21-49(41)59(40-32-28-38(29-33-40)42-20-13-27-56-57(42)47-19-6-12-26-54(47)61-56)52-24-10-11-25-53(52)60-50-22-8-4-17-44(50)45-18-5-9-23-51(45)60/h1-36H. The van der Waals surface area contributed by atoms with Crippen molar-refractivity contribution in [3.05, 3.63) is 218 Å². The fourth-order valence-electron chi connectivity index (χ4n) is 9.82. The van der Waals surface area contributed by atoms with Crippen LogP contribution < -0.4 is 4.90 Å². The topological polar surface area (TPSA) is 34.5 Å². The zero-order valence-electron chi connectivity index (χ0n) is 33.5. The fraction of sp³-hybridized carbons (Fsp3) is 0. The third-order valence-corrected chi connectivity index (χ3v) is 12.6. The highest BCUT2D eigenvalue weighted by Crippen LogP contribution is 2.47. The minimum Gasteiger partial charge on any atom is -0.456 e. The van der Waals surface area contributed by atoms with Crippen molar-refractivity contribution in [3.63, 3.8) is 0 Å². The van der Waals surface area contributed by atoms with E-state index >= 15 is 0 Å². The van der Waals surface area contributed by atoms with Crippen molar-refractivity contribution >= 4 is 93.5 Å². The van der Waals surface area contributed by atoms with Crippen molar-refractivity contribution in [2.24, 2.45) is 0 Å². The molecule has 13 rings (SSSR count). The van der Waals surface area contributed by atoms with Crippen LogP contribution in [0.25, 0.3) is 104 Å². The Morgan fingerprint density at radius 1 is 0.355 bits per heavy atom. The second-order valence-corrected chi connectivity index (χ2v) is 16.0. The van der Waals surface area contributed by atoms with Crippen molar-refractivity contribution in [3.8, 4) is 27.9 Å². The van der Waals surface area contributed by atoms with E-state index in [0.717, 1.165) is 105 Å². The molecule has 0 saturated carbocycles. The molecule has 3 aromatic heterocycles. The molecule has 62 heavy (non-hydrogen) atoms. The molecule has 0 N–H and O–H groups in total. The van der Waals surface area contributed by atoms with Crippen LogP contribution in [0.1, 0.15) is 0 Å². The molecule has 0 aliphatic carbocycles. The van der Waals surface area contributed by atoms with Crippen molar-refractivity contribution in [1.29, 1.82) is 0 Å². The predicted molar refractivity (Wildman–Crippen MR) is 258 cm³/mol. The summed E-state index contributed by atoms with van der Waals surface area (Å²) in [5.41, 5.74) is 14.6. The normalized spacial score (nSPS) is 11.9. The van der Waals surface area contributed by atoms with Crippen LogP contribution in [-0.4, -0.2) is 4.57 Å². The number of hydrogen-bond acceptors (Lipinski definition) is 3. The molecule has 10 aromatic carbocycles. The second-order valence-electron chi connectivity index (χ2n) is 16.0. The average molecular weight is 793 g/mol. The Morgan fingerprint density at radius 3 is 1.79 bits per heavy atom. The number of benzene rings is 10. The minimum absolute atomic E-state index is 0.877. The quantitative estimate of drug-likeness (QED) is 0.168. The fourth-order valence-corrected chi connectivity index (χ4v) is 9.82. The number of furan rings is 2. The Hall–Kier alpha value is -8.34. The maximum atomic E-state index is 6.57. The van der Waals surface area contributed by atoms with Crippen molar-refractivity contribution in [2.45, 2.75) is 0 Å². The molecule has 0 aliphatic heterocycles. The molecule has 13 aromatic rings.